The van der Waals surface area contributed by atoms with E-state index in [0.29, 0.717) is 5.56 Å². The molecule has 1 rings (SSSR count). The molecule has 1 heterocycles. The Morgan fingerprint density at radius 1 is 1.64 bits per heavy atom. The van der Waals surface area contributed by atoms with E-state index in [9.17, 15) is 4.79 Å². The van der Waals surface area contributed by atoms with E-state index in [1.165, 1.54) is 6.20 Å². The summed E-state index contributed by atoms with van der Waals surface area (Å²) in [4.78, 5) is 14.5. The molecular formula is C10H10BrNO2. The van der Waals surface area contributed by atoms with Gasteiger partial charge in [0.25, 0.3) is 0 Å². The predicted octanol–water partition coefficient (Wildman–Crippen LogP) is 2.58. The van der Waals surface area contributed by atoms with Crippen molar-refractivity contribution in [1.82, 2.24) is 4.98 Å². The number of carboxylic acids is 1. The molecule has 74 valence electrons. The van der Waals surface area contributed by atoms with Crippen LogP contribution in [-0.4, -0.2) is 21.4 Å². The summed E-state index contributed by atoms with van der Waals surface area (Å²) in [6.45, 7) is 0. The molecule has 1 aromatic rings. The molecular weight excluding hydrogens is 246 g/mol. The number of carbonyl (C=O) groups is 1. The number of allylic oxidation sites excluding steroid dienone is 1. The van der Waals surface area contributed by atoms with Crippen LogP contribution in [0.15, 0.2) is 24.4 Å². The highest BCUT2D eigenvalue weighted by Gasteiger charge is 2.07. The molecule has 0 aromatic carbocycles. The van der Waals surface area contributed by atoms with Gasteiger partial charge < -0.3 is 5.11 Å². The van der Waals surface area contributed by atoms with Gasteiger partial charge in [-0.05, 0) is 12.5 Å². The summed E-state index contributed by atoms with van der Waals surface area (Å²) in [5.74, 6) is -0.996. The Kier molecular flexibility index (Phi) is 4.32. The van der Waals surface area contributed by atoms with Crippen LogP contribution in [0.25, 0.3) is 6.08 Å². The molecule has 0 saturated carbocycles. The van der Waals surface area contributed by atoms with Crippen LogP contribution in [0.5, 0.6) is 0 Å². The zero-order valence-electron chi connectivity index (χ0n) is 7.48. The van der Waals surface area contributed by atoms with Crippen molar-refractivity contribution in [2.45, 2.75) is 6.42 Å². The van der Waals surface area contributed by atoms with Crippen molar-refractivity contribution in [2.24, 2.45) is 0 Å². The topological polar surface area (TPSA) is 50.2 Å². The minimum atomic E-state index is -0.996. The summed E-state index contributed by atoms with van der Waals surface area (Å²) >= 11 is 3.29. The number of aromatic nitrogens is 1. The molecule has 0 atom stereocenters. The molecule has 1 aromatic heterocycles. The van der Waals surface area contributed by atoms with E-state index in [2.05, 4.69) is 20.9 Å². The fourth-order valence-electron chi connectivity index (χ4n) is 1.00. The highest BCUT2D eigenvalue weighted by molar-refractivity contribution is 9.09. The van der Waals surface area contributed by atoms with E-state index in [1.807, 2.05) is 6.08 Å². The molecule has 0 bridgehead atoms. The number of aromatic carboxylic acids is 1. The fourth-order valence-corrected chi connectivity index (χ4v) is 1.27. The molecule has 0 unspecified atom stereocenters. The number of nitrogens with zero attached hydrogens (tertiary/aromatic N) is 1. The smallest absolute Gasteiger partial charge is 0.355 e. The molecule has 0 aliphatic heterocycles. The Hall–Kier alpha value is -1.16. The van der Waals surface area contributed by atoms with Crippen molar-refractivity contribution in [3.63, 3.8) is 0 Å². The molecule has 0 fully saturated rings. The average molecular weight is 256 g/mol. The van der Waals surface area contributed by atoms with Gasteiger partial charge in [0.2, 0.25) is 0 Å². The van der Waals surface area contributed by atoms with Crippen molar-refractivity contribution < 1.29 is 9.90 Å². The Labute approximate surface area is 90.6 Å². The Balaban J connectivity index is 2.90. The lowest BCUT2D eigenvalue weighted by atomic mass is 10.1. The monoisotopic (exact) mass is 255 g/mol. The summed E-state index contributed by atoms with van der Waals surface area (Å²) in [6, 6.07) is 3.46. The maximum Gasteiger partial charge on any atom is 0.355 e. The zero-order valence-corrected chi connectivity index (χ0v) is 9.07. The molecule has 0 radical (unpaired) electrons. The lowest BCUT2D eigenvalue weighted by Crippen LogP contribution is -2.02. The molecule has 0 spiro atoms. The highest BCUT2D eigenvalue weighted by Crippen LogP contribution is 2.08. The van der Waals surface area contributed by atoms with E-state index < -0.39 is 5.97 Å². The van der Waals surface area contributed by atoms with Crippen LogP contribution >= 0.6 is 15.9 Å². The first-order valence-electron chi connectivity index (χ1n) is 4.16. The number of alkyl halides is 1. The van der Waals surface area contributed by atoms with Crippen LogP contribution in [0.1, 0.15) is 22.5 Å². The van der Waals surface area contributed by atoms with Gasteiger partial charge >= 0.3 is 5.97 Å². The molecule has 0 amide bonds. The summed E-state index contributed by atoms with van der Waals surface area (Å²) < 4.78 is 0. The molecule has 3 nitrogen and oxygen atoms in total. The third kappa shape index (κ3) is 2.96. The normalized spacial score (nSPS) is 10.6. The number of halogens is 1. The Bertz CT molecular complexity index is 350. The minimum absolute atomic E-state index is 0.0957. The number of hydrogen-bond donors (Lipinski definition) is 1. The SMILES string of the molecule is O=C(O)c1ncccc1C=CCCBr. The first-order chi connectivity index (χ1) is 6.75. The number of rotatable bonds is 4. The van der Waals surface area contributed by atoms with Gasteiger partial charge in [-0.25, -0.2) is 9.78 Å². The quantitative estimate of drug-likeness (QED) is 0.842. The van der Waals surface area contributed by atoms with E-state index >= 15 is 0 Å². The van der Waals surface area contributed by atoms with E-state index in [1.54, 1.807) is 18.2 Å². The summed E-state index contributed by atoms with van der Waals surface area (Å²) in [5, 5.41) is 9.68. The van der Waals surface area contributed by atoms with Gasteiger partial charge in [0.05, 0.1) is 0 Å². The van der Waals surface area contributed by atoms with Crippen LogP contribution in [0.3, 0.4) is 0 Å². The van der Waals surface area contributed by atoms with E-state index in [4.69, 9.17) is 5.11 Å². The largest absolute Gasteiger partial charge is 0.476 e. The van der Waals surface area contributed by atoms with Gasteiger partial charge in [-0.3, -0.25) is 0 Å². The average Bonchev–Trinajstić information content (AvgIpc) is 2.19. The first-order valence-corrected chi connectivity index (χ1v) is 5.28. The minimum Gasteiger partial charge on any atom is -0.476 e. The first kappa shape index (κ1) is 10.9. The van der Waals surface area contributed by atoms with Gasteiger partial charge in [-0.15, -0.1) is 0 Å². The van der Waals surface area contributed by atoms with Gasteiger partial charge in [-0.1, -0.05) is 34.1 Å². The molecule has 0 saturated heterocycles. The van der Waals surface area contributed by atoms with Crippen molar-refractivity contribution in [3.8, 4) is 0 Å². The molecule has 1 N–H and O–H groups in total. The fraction of sp³-hybridized carbons (Fsp3) is 0.200. The van der Waals surface area contributed by atoms with Crippen molar-refractivity contribution in [3.05, 3.63) is 35.7 Å². The standard InChI is InChI=1S/C10H10BrNO2/c11-6-2-1-4-8-5-3-7-12-9(8)10(13)14/h1,3-5,7H,2,6H2,(H,13,14). The molecule has 0 aliphatic rings. The maximum absolute atomic E-state index is 10.7. The molecule has 4 heteroatoms. The summed E-state index contributed by atoms with van der Waals surface area (Å²) in [7, 11) is 0. The second-order valence-corrected chi connectivity index (χ2v) is 3.42. The number of carboxylic acid groups (broad SMARTS) is 1. The summed E-state index contributed by atoms with van der Waals surface area (Å²) in [6.07, 6.45) is 6.04. The zero-order chi connectivity index (χ0) is 10.4. The molecule has 0 aliphatic carbocycles. The van der Waals surface area contributed by atoms with Crippen LogP contribution in [0.2, 0.25) is 0 Å². The highest BCUT2D eigenvalue weighted by atomic mass is 79.9. The maximum atomic E-state index is 10.7. The van der Waals surface area contributed by atoms with Gasteiger partial charge in [0.15, 0.2) is 5.69 Å². The third-order valence-electron chi connectivity index (χ3n) is 1.61. The number of hydrogen-bond acceptors (Lipinski definition) is 2. The summed E-state index contributed by atoms with van der Waals surface area (Å²) in [5.41, 5.74) is 0.735. The lowest BCUT2D eigenvalue weighted by molar-refractivity contribution is 0.0690. The van der Waals surface area contributed by atoms with Crippen molar-refractivity contribution in [2.75, 3.05) is 5.33 Å². The lowest BCUT2D eigenvalue weighted by Gasteiger charge is -1.98. The van der Waals surface area contributed by atoms with Gasteiger partial charge in [-0.2, -0.15) is 0 Å². The van der Waals surface area contributed by atoms with Gasteiger partial charge in [0, 0.05) is 17.1 Å². The van der Waals surface area contributed by atoms with E-state index in [-0.39, 0.29) is 5.69 Å². The van der Waals surface area contributed by atoms with Gasteiger partial charge in [0.1, 0.15) is 0 Å². The van der Waals surface area contributed by atoms with Crippen LogP contribution < -0.4 is 0 Å². The van der Waals surface area contributed by atoms with Crippen molar-refractivity contribution in [1.29, 1.82) is 0 Å². The molecule has 14 heavy (non-hydrogen) atoms. The van der Waals surface area contributed by atoms with Crippen LogP contribution in [-0.2, 0) is 0 Å². The number of pyridine rings is 1. The second kappa shape index (κ2) is 5.54. The van der Waals surface area contributed by atoms with E-state index in [0.717, 1.165) is 11.8 Å². The second-order valence-electron chi connectivity index (χ2n) is 2.63. The van der Waals surface area contributed by atoms with Crippen molar-refractivity contribution >= 4 is 28.0 Å². The van der Waals surface area contributed by atoms with Crippen LogP contribution in [0, 0.1) is 0 Å². The third-order valence-corrected chi connectivity index (χ3v) is 2.07. The predicted molar refractivity (Wildman–Crippen MR) is 58.6 cm³/mol. The Morgan fingerprint density at radius 3 is 3.07 bits per heavy atom. The Morgan fingerprint density at radius 2 is 2.43 bits per heavy atom. The van der Waals surface area contributed by atoms with Crippen LogP contribution in [0.4, 0.5) is 0 Å².